The van der Waals surface area contributed by atoms with E-state index in [1.807, 2.05) is 0 Å². The molecule has 1 saturated heterocycles. The van der Waals surface area contributed by atoms with Gasteiger partial charge >= 0.3 is 0 Å². The molecule has 2 aromatic rings. The summed E-state index contributed by atoms with van der Waals surface area (Å²) in [5.74, 6) is -0.729. The molecule has 1 fully saturated rings. The summed E-state index contributed by atoms with van der Waals surface area (Å²) in [6.07, 6.45) is 2.67. The summed E-state index contributed by atoms with van der Waals surface area (Å²) in [6, 6.07) is 4.16. The minimum absolute atomic E-state index is 0.0358. The van der Waals surface area contributed by atoms with Gasteiger partial charge in [0.1, 0.15) is 5.82 Å². The van der Waals surface area contributed by atoms with Crippen LogP contribution < -0.4 is 5.32 Å². The molecule has 4 rings (SSSR count). The second-order valence-electron chi connectivity index (χ2n) is 7.64. The van der Waals surface area contributed by atoms with E-state index in [-0.39, 0.29) is 17.0 Å². The van der Waals surface area contributed by atoms with Gasteiger partial charge < -0.3 is 10.1 Å². The third-order valence-electron chi connectivity index (χ3n) is 5.76. The molecule has 3 heterocycles. The summed E-state index contributed by atoms with van der Waals surface area (Å²) in [7, 11) is 0. The molecule has 8 heteroatoms. The van der Waals surface area contributed by atoms with Crippen LogP contribution in [0.15, 0.2) is 18.2 Å². The van der Waals surface area contributed by atoms with Crippen LogP contribution in [-0.4, -0.2) is 46.3 Å². The highest BCUT2D eigenvalue weighted by atomic mass is 35.5. The molecule has 1 aromatic carbocycles. The van der Waals surface area contributed by atoms with Crippen molar-refractivity contribution in [2.45, 2.75) is 51.9 Å². The van der Waals surface area contributed by atoms with Gasteiger partial charge in [-0.15, -0.1) is 0 Å². The van der Waals surface area contributed by atoms with Crippen LogP contribution in [0.25, 0.3) is 0 Å². The lowest BCUT2D eigenvalue weighted by Gasteiger charge is -2.32. The molecule has 0 radical (unpaired) electrons. The van der Waals surface area contributed by atoms with E-state index in [1.54, 1.807) is 0 Å². The fourth-order valence-electron chi connectivity index (χ4n) is 4.12. The van der Waals surface area contributed by atoms with Gasteiger partial charge in [-0.05, 0) is 38.0 Å². The molecule has 0 bridgehead atoms. The third-order valence-corrected chi connectivity index (χ3v) is 6.05. The highest BCUT2D eigenvalue weighted by Crippen LogP contribution is 2.23. The summed E-state index contributed by atoms with van der Waals surface area (Å²) in [4.78, 5) is 14.8. The molecule has 1 amide bonds. The Hall–Kier alpha value is -1.96. The molecule has 1 aromatic heterocycles. The molecular weight excluding hydrogens is 395 g/mol. The second-order valence-corrected chi connectivity index (χ2v) is 8.05. The molecule has 0 saturated carbocycles. The van der Waals surface area contributed by atoms with Crippen LogP contribution >= 0.6 is 11.6 Å². The van der Waals surface area contributed by atoms with Crippen LogP contribution in [0.4, 0.5) is 4.39 Å². The molecule has 2 aliphatic heterocycles. The van der Waals surface area contributed by atoms with E-state index in [2.05, 4.69) is 21.8 Å². The number of fused-ring (bicyclic) bond motifs is 1. The Kier molecular flexibility index (Phi) is 6.18. The maximum absolute atomic E-state index is 13.3. The van der Waals surface area contributed by atoms with Crippen LogP contribution in [0.1, 0.15) is 47.1 Å². The van der Waals surface area contributed by atoms with E-state index < -0.39 is 5.82 Å². The van der Waals surface area contributed by atoms with Crippen molar-refractivity contribution in [3.05, 3.63) is 51.6 Å². The summed E-state index contributed by atoms with van der Waals surface area (Å²) in [5.41, 5.74) is 4.07. The maximum Gasteiger partial charge on any atom is 0.251 e. The predicted molar refractivity (Wildman–Crippen MR) is 108 cm³/mol. The van der Waals surface area contributed by atoms with E-state index in [9.17, 15) is 9.18 Å². The topological polar surface area (TPSA) is 59.4 Å². The number of benzene rings is 1. The predicted octanol–water partition coefficient (Wildman–Crippen LogP) is 3.16. The highest BCUT2D eigenvalue weighted by Gasteiger charge is 2.25. The van der Waals surface area contributed by atoms with Crippen LogP contribution in [0, 0.1) is 5.82 Å². The van der Waals surface area contributed by atoms with Gasteiger partial charge in [0, 0.05) is 55.5 Å². The Morgan fingerprint density at radius 1 is 1.38 bits per heavy atom. The van der Waals surface area contributed by atoms with Gasteiger partial charge in [-0.3, -0.25) is 14.4 Å². The fraction of sp³-hybridized carbons (Fsp3) is 0.524. The standard InChI is InChI=1S/C21H26ClFN4O2/c1-2-27-20-7-10-29-13-16(20)19(25-27)12-26-8-5-15(6-9-26)24-21(28)14-3-4-18(23)17(22)11-14/h3-4,11,15H,2,5-10,12-13H2,1H3,(H,24,28). The number of carbonyl (C=O) groups is 1. The van der Waals surface area contributed by atoms with Gasteiger partial charge in [-0.1, -0.05) is 11.6 Å². The van der Waals surface area contributed by atoms with Crippen molar-refractivity contribution in [3.63, 3.8) is 0 Å². The summed E-state index contributed by atoms with van der Waals surface area (Å²) >= 11 is 5.78. The molecule has 1 N–H and O–H groups in total. The average Bonchev–Trinajstić information content (AvgIpc) is 3.09. The molecular formula is C21H26ClFN4O2. The van der Waals surface area contributed by atoms with Gasteiger partial charge in [0.2, 0.25) is 0 Å². The smallest absolute Gasteiger partial charge is 0.251 e. The number of halogens is 2. The van der Waals surface area contributed by atoms with E-state index in [4.69, 9.17) is 21.4 Å². The molecule has 0 aliphatic carbocycles. The summed E-state index contributed by atoms with van der Waals surface area (Å²) in [6.45, 7) is 7.01. The zero-order chi connectivity index (χ0) is 20.4. The molecule has 29 heavy (non-hydrogen) atoms. The number of aromatic nitrogens is 2. The molecule has 6 nitrogen and oxygen atoms in total. The lowest BCUT2D eigenvalue weighted by atomic mass is 10.0. The minimum Gasteiger partial charge on any atom is -0.376 e. The number of rotatable bonds is 5. The van der Waals surface area contributed by atoms with E-state index >= 15 is 0 Å². The van der Waals surface area contributed by atoms with Crippen LogP contribution in [0.2, 0.25) is 5.02 Å². The third kappa shape index (κ3) is 4.47. The molecule has 0 atom stereocenters. The van der Waals surface area contributed by atoms with Crippen molar-refractivity contribution in [1.82, 2.24) is 20.0 Å². The average molecular weight is 421 g/mol. The van der Waals surface area contributed by atoms with Crippen molar-refractivity contribution in [3.8, 4) is 0 Å². The van der Waals surface area contributed by atoms with Crippen LogP contribution in [-0.2, 0) is 30.9 Å². The van der Waals surface area contributed by atoms with Gasteiger partial charge in [-0.25, -0.2) is 4.39 Å². The SMILES string of the molecule is CCn1nc(CN2CCC(NC(=O)c3ccc(F)c(Cl)c3)CC2)c2c1CCOC2. The number of nitrogens with zero attached hydrogens (tertiary/aromatic N) is 3. The first-order valence-corrected chi connectivity index (χ1v) is 10.6. The monoisotopic (exact) mass is 420 g/mol. The summed E-state index contributed by atoms with van der Waals surface area (Å²) < 4.78 is 21.0. The molecule has 0 unspecified atom stereocenters. The van der Waals surface area contributed by atoms with Crippen LogP contribution in [0.5, 0.6) is 0 Å². The number of amides is 1. The quantitative estimate of drug-likeness (QED) is 0.807. The Balaban J connectivity index is 1.32. The Morgan fingerprint density at radius 3 is 2.90 bits per heavy atom. The number of piperidine rings is 1. The lowest BCUT2D eigenvalue weighted by molar-refractivity contribution is 0.0906. The van der Waals surface area contributed by atoms with Crippen molar-refractivity contribution >= 4 is 17.5 Å². The number of carbonyl (C=O) groups excluding carboxylic acids is 1. The second kappa shape index (κ2) is 8.81. The van der Waals surface area contributed by atoms with Crippen LogP contribution in [0.3, 0.4) is 0 Å². The van der Waals surface area contributed by atoms with Crippen molar-refractivity contribution in [1.29, 1.82) is 0 Å². The van der Waals surface area contributed by atoms with Crippen molar-refractivity contribution < 1.29 is 13.9 Å². The largest absolute Gasteiger partial charge is 0.376 e. The van der Waals surface area contributed by atoms with Gasteiger partial charge in [-0.2, -0.15) is 5.10 Å². The van der Waals surface area contributed by atoms with E-state index in [1.165, 1.54) is 29.5 Å². The first-order valence-electron chi connectivity index (χ1n) is 10.2. The number of aryl methyl sites for hydroxylation is 1. The highest BCUT2D eigenvalue weighted by molar-refractivity contribution is 6.31. The lowest BCUT2D eigenvalue weighted by Crippen LogP contribution is -2.44. The van der Waals surface area contributed by atoms with Crippen molar-refractivity contribution in [2.75, 3.05) is 19.7 Å². The van der Waals surface area contributed by atoms with Gasteiger partial charge in [0.05, 0.1) is 23.9 Å². The van der Waals surface area contributed by atoms with E-state index in [0.29, 0.717) is 12.2 Å². The molecule has 0 spiro atoms. The number of ether oxygens (including phenoxy) is 1. The van der Waals surface area contributed by atoms with Gasteiger partial charge in [0.25, 0.3) is 5.91 Å². The molecule has 2 aliphatic rings. The van der Waals surface area contributed by atoms with Crippen molar-refractivity contribution in [2.24, 2.45) is 0 Å². The number of hydrogen-bond donors (Lipinski definition) is 1. The number of hydrogen-bond acceptors (Lipinski definition) is 4. The molecule has 156 valence electrons. The van der Waals surface area contributed by atoms with Gasteiger partial charge in [0.15, 0.2) is 0 Å². The fourth-order valence-corrected chi connectivity index (χ4v) is 4.30. The Bertz CT molecular complexity index is 893. The Labute approximate surface area is 175 Å². The number of nitrogens with one attached hydrogen (secondary N) is 1. The minimum atomic E-state index is -0.519. The Morgan fingerprint density at radius 2 is 2.17 bits per heavy atom. The summed E-state index contributed by atoms with van der Waals surface area (Å²) in [5, 5.41) is 7.82. The van der Waals surface area contributed by atoms with E-state index in [0.717, 1.165) is 57.7 Å². The number of likely N-dealkylation sites (tertiary alicyclic amines) is 1. The zero-order valence-corrected chi connectivity index (χ0v) is 17.3. The first kappa shape index (κ1) is 20.3. The maximum atomic E-state index is 13.3. The first-order chi connectivity index (χ1) is 14.0. The normalized spacial score (nSPS) is 17.9. The zero-order valence-electron chi connectivity index (χ0n) is 16.6.